The van der Waals surface area contributed by atoms with Crippen LogP contribution in [-0.2, 0) is 0 Å². The number of ether oxygens (including phenoxy) is 1. The maximum Gasteiger partial charge on any atom is 0.170 e. The van der Waals surface area contributed by atoms with Crippen molar-refractivity contribution >= 4 is 23.0 Å². The number of nitrogens with zero attached hydrogens (tertiary/aromatic N) is 1. The van der Waals surface area contributed by atoms with Crippen LogP contribution < -0.4 is 15.4 Å². The highest BCUT2D eigenvalue weighted by Crippen LogP contribution is 2.24. The van der Waals surface area contributed by atoms with Gasteiger partial charge in [0, 0.05) is 18.8 Å². The zero-order valence-corrected chi connectivity index (χ0v) is 13.7. The smallest absolute Gasteiger partial charge is 0.170 e. The predicted molar refractivity (Wildman–Crippen MR) is 92.1 cm³/mol. The Balaban J connectivity index is 1.74. The molecule has 4 nitrogen and oxygen atoms in total. The van der Waals surface area contributed by atoms with Gasteiger partial charge in [-0.05, 0) is 76.3 Å². The first-order valence-electron chi connectivity index (χ1n) is 7.60. The number of thiocarbonyl (C=S) groups is 1. The van der Waals surface area contributed by atoms with Crippen molar-refractivity contribution in [3.8, 4) is 5.75 Å². The minimum Gasteiger partial charge on any atom is -0.490 e. The minimum atomic E-state index is 0.401. The van der Waals surface area contributed by atoms with Gasteiger partial charge in [0.15, 0.2) is 5.11 Å². The lowest BCUT2D eigenvalue weighted by Crippen LogP contribution is -2.34. The van der Waals surface area contributed by atoms with Crippen molar-refractivity contribution < 1.29 is 4.74 Å². The monoisotopic (exact) mass is 307 g/mol. The Labute approximate surface area is 132 Å². The highest BCUT2D eigenvalue weighted by molar-refractivity contribution is 7.80. The van der Waals surface area contributed by atoms with Gasteiger partial charge in [-0.15, -0.1) is 0 Å². The molecule has 0 aromatic heterocycles. The summed E-state index contributed by atoms with van der Waals surface area (Å²) in [5.41, 5.74) is 0.983. The van der Waals surface area contributed by atoms with Gasteiger partial charge in [0.1, 0.15) is 5.75 Å². The zero-order valence-electron chi connectivity index (χ0n) is 12.9. The van der Waals surface area contributed by atoms with E-state index in [9.17, 15) is 0 Å². The second-order valence-corrected chi connectivity index (χ2v) is 6.14. The molecular weight excluding hydrogens is 282 g/mol. The fourth-order valence-corrected chi connectivity index (χ4v) is 2.60. The van der Waals surface area contributed by atoms with Crippen LogP contribution in [0.15, 0.2) is 24.3 Å². The van der Waals surface area contributed by atoms with Gasteiger partial charge in [0.25, 0.3) is 0 Å². The molecule has 21 heavy (non-hydrogen) atoms. The van der Waals surface area contributed by atoms with Crippen molar-refractivity contribution in [3.05, 3.63) is 24.3 Å². The molecule has 2 N–H and O–H groups in total. The normalized spacial score (nSPS) is 15.2. The first kappa shape index (κ1) is 16.0. The molecule has 0 saturated heterocycles. The number of hydrogen-bond acceptors (Lipinski definition) is 3. The standard InChI is InChI=1S/C16H25N3OS/c1-19(2)12-11-17-16(21)18-13-7-9-15(10-8-13)20-14-5-3-4-6-14/h7-10,14H,3-6,11-12H2,1-2H3,(H2,17,18,21). The van der Waals surface area contributed by atoms with Crippen molar-refractivity contribution in [2.45, 2.75) is 31.8 Å². The molecule has 0 atom stereocenters. The van der Waals surface area contributed by atoms with E-state index in [0.29, 0.717) is 11.2 Å². The summed E-state index contributed by atoms with van der Waals surface area (Å²) in [5, 5.41) is 7.02. The van der Waals surface area contributed by atoms with Crippen LogP contribution in [0.1, 0.15) is 25.7 Å². The van der Waals surface area contributed by atoms with Crippen LogP contribution in [0.2, 0.25) is 0 Å². The third kappa shape index (κ3) is 5.89. The molecule has 0 aliphatic heterocycles. The maximum absolute atomic E-state index is 5.94. The summed E-state index contributed by atoms with van der Waals surface area (Å²) >= 11 is 5.26. The molecule has 1 fully saturated rings. The van der Waals surface area contributed by atoms with E-state index in [2.05, 4.69) is 15.5 Å². The van der Waals surface area contributed by atoms with E-state index in [1.54, 1.807) is 0 Å². The molecule has 0 amide bonds. The summed E-state index contributed by atoms with van der Waals surface area (Å²) in [6.07, 6.45) is 5.34. The van der Waals surface area contributed by atoms with E-state index in [1.165, 1.54) is 25.7 Å². The SMILES string of the molecule is CN(C)CCNC(=S)Nc1ccc(OC2CCCC2)cc1. The van der Waals surface area contributed by atoms with Gasteiger partial charge in [-0.25, -0.2) is 0 Å². The van der Waals surface area contributed by atoms with Crippen molar-refractivity contribution in [1.82, 2.24) is 10.2 Å². The molecule has 116 valence electrons. The second kappa shape index (κ2) is 8.20. The molecule has 0 heterocycles. The number of hydrogen-bond donors (Lipinski definition) is 2. The molecule has 1 saturated carbocycles. The van der Waals surface area contributed by atoms with E-state index >= 15 is 0 Å². The molecule has 1 aromatic carbocycles. The number of likely N-dealkylation sites (N-methyl/N-ethyl adjacent to an activating group) is 1. The van der Waals surface area contributed by atoms with Gasteiger partial charge < -0.3 is 20.3 Å². The van der Waals surface area contributed by atoms with Gasteiger partial charge in [0.05, 0.1) is 6.10 Å². The van der Waals surface area contributed by atoms with Crippen molar-refractivity contribution in [1.29, 1.82) is 0 Å². The molecule has 2 rings (SSSR count). The number of benzene rings is 1. The van der Waals surface area contributed by atoms with Crippen molar-refractivity contribution in [2.75, 3.05) is 32.5 Å². The largest absolute Gasteiger partial charge is 0.490 e. The molecule has 0 spiro atoms. The summed E-state index contributed by atoms with van der Waals surface area (Å²) in [5.74, 6) is 0.943. The third-order valence-electron chi connectivity index (χ3n) is 3.56. The molecule has 5 heteroatoms. The Morgan fingerprint density at radius 3 is 2.52 bits per heavy atom. The third-order valence-corrected chi connectivity index (χ3v) is 3.81. The van der Waals surface area contributed by atoms with Crippen LogP contribution in [-0.4, -0.2) is 43.3 Å². The minimum absolute atomic E-state index is 0.401. The van der Waals surface area contributed by atoms with Gasteiger partial charge >= 0.3 is 0 Å². The number of rotatable bonds is 6. The zero-order chi connectivity index (χ0) is 15.1. The Bertz CT molecular complexity index is 441. The van der Waals surface area contributed by atoms with E-state index in [4.69, 9.17) is 17.0 Å². The van der Waals surface area contributed by atoms with Gasteiger partial charge in [-0.2, -0.15) is 0 Å². The topological polar surface area (TPSA) is 36.5 Å². The lowest BCUT2D eigenvalue weighted by molar-refractivity contribution is 0.210. The molecule has 1 aliphatic carbocycles. The van der Waals surface area contributed by atoms with Crippen LogP contribution in [0.25, 0.3) is 0 Å². The van der Waals surface area contributed by atoms with Gasteiger partial charge in [0.2, 0.25) is 0 Å². The van der Waals surface area contributed by atoms with Crippen LogP contribution in [0, 0.1) is 0 Å². The van der Waals surface area contributed by atoms with Gasteiger partial charge in [-0.3, -0.25) is 0 Å². The molecule has 1 aliphatic rings. The van der Waals surface area contributed by atoms with E-state index in [0.717, 1.165) is 24.5 Å². The van der Waals surface area contributed by atoms with E-state index in [1.807, 2.05) is 38.4 Å². The average Bonchev–Trinajstić information content (AvgIpc) is 2.93. The highest BCUT2D eigenvalue weighted by Gasteiger charge is 2.16. The lowest BCUT2D eigenvalue weighted by atomic mass is 10.3. The Kier molecular flexibility index (Phi) is 6.26. The quantitative estimate of drug-likeness (QED) is 0.790. The van der Waals surface area contributed by atoms with Crippen molar-refractivity contribution in [2.24, 2.45) is 0 Å². The Morgan fingerprint density at radius 1 is 1.24 bits per heavy atom. The summed E-state index contributed by atoms with van der Waals surface area (Å²) in [6.45, 7) is 1.79. The second-order valence-electron chi connectivity index (χ2n) is 5.73. The average molecular weight is 307 g/mol. The summed E-state index contributed by atoms with van der Waals surface area (Å²) in [7, 11) is 4.09. The molecule has 0 unspecified atom stereocenters. The first-order valence-corrected chi connectivity index (χ1v) is 8.00. The fourth-order valence-electron chi connectivity index (χ4n) is 2.38. The highest BCUT2D eigenvalue weighted by atomic mass is 32.1. The fraction of sp³-hybridized carbons (Fsp3) is 0.562. The summed E-state index contributed by atoms with van der Waals surface area (Å²) < 4.78 is 5.94. The maximum atomic E-state index is 5.94. The molecule has 0 bridgehead atoms. The number of anilines is 1. The van der Waals surface area contributed by atoms with Crippen LogP contribution in [0.3, 0.4) is 0 Å². The van der Waals surface area contributed by atoms with Crippen LogP contribution >= 0.6 is 12.2 Å². The lowest BCUT2D eigenvalue weighted by Gasteiger charge is -2.15. The van der Waals surface area contributed by atoms with E-state index < -0.39 is 0 Å². The predicted octanol–water partition coefficient (Wildman–Crippen LogP) is 2.86. The molecular formula is C16H25N3OS. The summed E-state index contributed by atoms with van der Waals surface area (Å²) in [4.78, 5) is 2.12. The van der Waals surface area contributed by atoms with Crippen LogP contribution in [0.4, 0.5) is 5.69 Å². The Morgan fingerprint density at radius 2 is 1.90 bits per heavy atom. The van der Waals surface area contributed by atoms with Crippen molar-refractivity contribution in [3.63, 3.8) is 0 Å². The van der Waals surface area contributed by atoms with E-state index in [-0.39, 0.29) is 0 Å². The molecule has 1 aromatic rings. The molecule has 0 radical (unpaired) electrons. The van der Waals surface area contributed by atoms with Crippen LogP contribution in [0.5, 0.6) is 5.75 Å². The first-order chi connectivity index (χ1) is 10.1. The Hall–Kier alpha value is -1.33. The number of nitrogens with one attached hydrogen (secondary N) is 2. The summed E-state index contributed by atoms with van der Waals surface area (Å²) in [6, 6.07) is 8.01. The van der Waals surface area contributed by atoms with Gasteiger partial charge in [-0.1, -0.05) is 0 Å².